The summed E-state index contributed by atoms with van der Waals surface area (Å²) in [6, 6.07) is 11.1. The summed E-state index contributed by atoms with van der Waals surface area (Å²) in [7, 11) is 0. The van der Waals surface area contributed by atoms with Gasteiger partial charge in [-0.2, -0.15) is 0 Å². The van der Waals surface area contributed by atoms with Gasteiger partial charge in [0, 0.05) is 11.5 Å². The zero-order valence-electron chi connectivity index (χ0n) is 16.3. The molecule has 1 aliphatic rings. The maximum Gasteiger partial charge on any atom is 0.336 e. The summed E-state index contributed by atoms with van der Waals surface area (Å²) in [5.74, 6) is -0.447. The monoisotopic (exact) mass is 444 g/mol. The summed E-state index contributed by atoms with van der Waals surface area (Å²) < 4.78 is 5.31. The third kappa shape index (κ3) is 3.36. The molecule has 0 radical (unpaired) electrons. The highest BCUT2D eigenvalue weighted by Gasteiger charge is 2.49. The SMILES string of the molecule is CCc1ccc2c(CN3C(=O)NC(C)(c4ccc(Cl)c(Cl)c4)C3=O)cc(=O)oc2c1. The van der Waals surface area contributed by atoms with Crippen molar-refractivity contribution in [3.63, 3.8) is 0 Å². The molecule has 1 aliphatic heterocycles. The number of nitrogens with zero attached hydrogens (tertiary/aromatic N) is 1. The number of hydrogen-bond donors (Lipinski definition) is 1. The maximum absolute atomic E-state index is 13.2. The van der Waals surface area contributed by atoms with Gasteiger partial charge in [0.1, 0.15) is 11.1 Å². The topological polar surface area (TPSA) is 79.6 Å². The van der Waals surface area contributed by atoms with E-state index in [1.165, 1.54) is 6.07 Å². The average molecular weight is 445 g/mol. The Morgan fingerprint density at radius 3 is 2.50 bits per heavy atom. The molecule has 3 amide bonds. The minimum absolute atomic E-state index is 0.0604. The molecule has 3 aromatic rings. The summed E-state index contributed by atoms with van der Waals surface area (Å²) in [6.45, 7) is 3.55. The van der Waals surface area contributed by atoms with Crippen molar-refractivity contribution in [2.45, 2.75) is 32.4 Å². The second kappa shape index (κ2) is 7.45. The number of imide groups is 1. The summed E-state index contributed by atoms with van der Waals surface area (Å²) in [6.07, 6.45) is 0.791. The number of nitrogens with one attached hydrogen (secondary N) is 1. The number of carbonyl (C=O) groups is 2. The molecule has 2 aromatic carbocycles. The van der Waals surface area contributed by atoms with Gasteiger partial charge in [-0.1, -0.05) is 48.3 Å². The Balaban J connectivity index is 1.72. The Morgan fingerprint density at radius 2 is 1.80 bits per heavy atom. The predicted octanol–water partition coefficient (Wildman–Crippen LogP) is 4.63. The lowest BCUT2D eigenvalue weighted by Gasteiger charge is -2.22. The van der Waals surface area contributed by atoms with Crippen molar-refractivity contribution in [1.82, 2.24) is 10.2 Å². The molecule has 1 unspecified atom stereocenters. The highest BCUT2D eigenvalue weighted by Crippen LogP contribution is 2.34. The molecule has 0 aliphatic carbocycles. The van der Waals surface area contributed by atoms with E-state index >= 15 is 0 Å². The summed E-state index contributed by atoms with van der Waals surface area (Å²) in [5, 5.41) is 4.04. The van der Waals surface area contributed by atoms with Crippen molar-refractivity contribution >= 4 is 46.1 Å². The second-order valence-corrected chi connectivity index (χ2v) is 8.16. The van der Waals surface area contributed by atoms with Gasteiger partial charge in [-0.15, -0.1) is 0 Å². The van der Waals surface area contributed by atoms with Crippen molar-refractivity contribution < 1.29 is 14.0 Å². The van der Waals surface area contributed by atoms with Crippen molar-refractivity contribution in [2.75, 3.05) is 0 Å². The van der Waals surface area contributed by atoms with E-state index in [2.05, 4.69) is 5.32 Å². The van der Waals surface area contributed by atoms with Crippen LogP contribution in [0.1, 0.15) is 30.5 Å². The smallest absolute Gasteiger partial charge is 0.336 e. The number of amides is 3. The molecule has 1 N–H and O–H groups in total. The lowest BCUT2D eigenvalue weighted by atomic mass is 9.92. The zero-order valence-corrected chi connectivity index (χ0v) is 17.8. The van der Waals surface area contributed by atoms with Crippen LogP contribution in [0.2, 0.25) is 10.0 Å². The third-order valence-corrected chi connectivity index (χ3v) is 6.14. The average Bonchev–Trinajstić information content (AvgIpc) is 2.93. The Labute approximate surface area is 182 Å². The first-order valence-corrected chi connectivity index (χ1v) is 10.1. The van der Waals surface area contributed by atoms with Crippen molar-refractivity contribution in [3.8, 4) is 0 Å². The van der Waals surface area contributed by atoms with Crippen LogP contribution in [-0.4, -0.2) is 16.8 Å². The molecule has 30 heavy (non-hydrogen) atoms. The van der Waals surface area contributed by atoms with Crippen LogP contribution in [0, 0.1) is 0 Å². The first kappa shape index (κ1) is 20.4. The molecule has 1 saturated heterocycles. The number of benzene rings is 2. The fourth-order valence-corrected chi connectivity index (χ4v) is 3.94. The molecule has 1 atom stereocenters. The molecule has 4 rings (SSSR count). The Morgan fingerprint density at radius 1 is 1.03 bits per heavy atom. The van der Waals surface area contributed by atoms with E-state index in [-0.39, 0.29) is 11.6 Å². The van der Waals surface area contributed by atoms with Gasteiger partial charge in [-0.05, 0) is 48.2 Å². The van der Waals surface area contributed by atoms with Crippen LogP contribution in [0.5, 0.6) is 0 Å². The fraction of sp³-hybridized carbons (Fsp3) is 0.227. The van der Waals surface area contributed by atoms with E-state index in [9.17, 15) is 14.4 Å². The lowest BCUT2D eigenvalue weighted by molar-refractivity contribution is -0.131. The molecule has 2 heterocycles. The molecule has 0 spiro atoms. The predicted molar refractivity (Wildman–Crippen MR) is 115 cm³/mol. The van der Waals surface area contributed by atoms with E-state index < -0.39 is 23.1 Å². The van der Waals surface area contributed by atoms with Gasteiger partial charge in [0.05, 0.1) is 16.6 Å². The molecule has 0 saturated carbocycles. The third-order valence-electron chi connectivity index (χ3n) is 5.40. The van der Waals surface area contributed by atoms with Crippen molar-refractivity contribution in [2.24, 2.45) is 0 Å². The minimum Gasteiger partial charge on any atom is -0.423 e. The molecule has 1 aromatic heterocycles. The number of hydrogen-bond acceptors (Lipinski definition) is 4. The Hall–Kier alpha value is -2.83. The highest BCUT2D eigenvalue weighted by atomic mass is 35.5. The normalized spacial score (nSPS) is 18.9. The lowest BCUT2D eigenvalue weighted by Crippen LogP contribution is -2.40. The van der Waals surface area contributed by atoms with E-state index in [1.807, 2.05) is 19.1 Å². The molecular weight excluding hydrogens is 427 g/mol. The zero-order chi connectivity index (χ0) is 21.6. The molecule has 154 valence electrons. The van der Waals surface area contributed by atoms with Crippen molar-refractivity contribution in [1.29, 1.82) is 0 Å². The standard InChI is InChI=1S/C22H18Cl2N2O4/c1-3-12-4-6-15-13(9-19(27)30-18(15)8-12)11-26-20(28)22(2,25-21(26)29)14-5-7-16(23)17(24)10-14/h4-10H,3,11H2,1-2H3,(H,25,29). The van der Waals surface area contributed by atoms with E-state index in [0.717, 1.165) is 16.9 Å². The minimum atomic E-state index is -1.30. The number of aryl methyl sites for hydroxylation is 1. The van der Waals surface area contributed by atoms with E-state index in [1.54, 1.807) is 31.2 Å². The van der Waals surface area contributed by atoms with Gasteiger partial charge < -0.3 is 9.73 Å². The fourth-order valence-electron chi connectivity index (χ4n) is 3.64. The van der Waals surface area contributed by atoms with Gasteiger partial charge in [0.2, 0.25) is 0 Å². The molecule has 0 bridgehead atoms. The summed E-state index contributed by atoms with van der Waals surface area (Å²) in [5.41, 5.74) is 0.662. The first-order chi connectivity index (χ1) is 14.2. The van der Waals surface area contributed by atoms with E-state index in [4.69, 9.17) is 27.6 Å². The first-order valence-electron chi connectivity index (χ1n) is 9.38. The van der Waals surface area contributed by atoms with Gasteiger partial charge in [-0.25, -0.2) is 9.59 Å². The maximum atomic E-state index is 13.2. The van der Waals surface area contributed by atoms with Crippen LogP contribution in [0.25, 0.3) is 11.0 Å². The second-order valence-electron chi connectivity index (χ2n) is 7.35. The van der Waals surface area contributed by atoms with Crippen LogP contribution in [0.4, 0.5) is 4.79 Å². The summed E-state index contributed by atoms with van der Waals surface area (Å²) >= 11 is 12.1. The number of urea groups is 1. The van der Waals surface area contributed by atoms with Gasteiger partial charge in [0.15, 0.2) is 0 Å². The molecule has 8 heteroatoms. The molecule has 1 fully saturated rings. The van der Waals surface area contributed by atoms with Gasteiger partial charge >= 0.3 is 11.7 Å². The number of carbonyl (C=O) groups excluding carboxylic acids is 2. The number of rotatable bonds is 4. The van der Waals surface area contributed by atoms with Crippen LogP contribution < -0.4 is 10.9 Å². The quantitative estimate of drug-likeness (QED) is 0.469. The van der Waals surface area contributed by atoms with E-state index in [0.29, 0.717) is 27.1 Å². The summed E-state index contributed by atoms with van der Waals surface area (Å²) in [4.78, 5) is 39.1. The molecular formula is C22H18Cl2N2O4. The Bertz CT molecular complexity index is 1250. The van der Waals surface area contributed by atoms with Crippen LogP contribution >= 0.6 is 23.2 Å². The van der Waals surface area contributed by atoms with Crippen LogP contribution in [0.15, 0.2) is 51.7 Å². The largest absolute Gasteiger partial charge is 0.423 e. The van der Waals surface area contributed by atoms with Gasteiger partial charge in [-0.3, -0.25) is 9.69 Å². The highest BCUT2D eigenvalue weighted by molar-refractivity contribution is 6.42. The number of halogens is 2. The Kier molecular flexibility index (Phi) is 5.08. The van der Waals surface area contributed by atoms with Gasteiger partial charge in [0.25, 0.3) is 5.91 Å². The van der Waals surface area contributed by atoms with Crippen LogP contribution in [-0.2, 0) is 23.3 Å². The number of fused-ring (bicyclic) bond motifs is 1. The van der Waals surface area contributed by atoms with Crippen molar-refractivity contribution in [3.05, 3.63) is 79.6 Å². The molecule has 6 nitrogen and oxygen atoms in total. The van der Waals surface area contributed by atoms with Crippen LogP contribution in [0.3, 0.4) is 0 Å².